The second-order valence-corrected chi connectivity index (χ2v) is 8.13. The highest BCUT2D eigenvalue weighted by Gasteiger charge is 2.40. The Morgan fingerprint density at radius 1 is 1.12 bits per heavy atom. The first kappa shape index (κ1) is 22.3. The standard InChI is InChI=1S/C19H35NO4S/c1-3-5-7-9-11-16(19(23)24)18-20(17(22)14-25-18)13-12-15(21)10-8-6-4-2/h15-16,18,21H,3-14H2,1-2H3,(H,23,24). The smallest absolute Gasteiger partial charge is 0.309 e. The summed E-state index contributed by atoms with van der Waals surface area (Å²) < 4.78 is 0. The number of aliphatic hydroxyl groups is 1. The number of carbonyl (C=O) groups excluding carboxylic acids is 1. The van der Waals surface area contributed by atoms with Gasteiger partial charge in [-0.2, -0.15) is 0 Å². The average Bonchev–Trinajstić information content (AvgIpc) is 2.93. The van der Waals surface area contributed by atoms with Gasteiger partial charge in [-0.15, -0.1) is 11.8 Å². The van der Waals surface area contributed by atoms with Crippen LogP contribution in [0.4, 0.5) is 0 Å². The van der Waals surface area contributed by atoms with Crippen LogP contribution in [-0.4, -0.2) is 50.8 Å². The second-order valence-electron chi connectivity index (χ2n) is 7.02. The van der Waals surface area contributed by atoms with E-state index in [0.717, 1.165) is 51.4 Å². The minimum atomic E-state index is -0.808. The van der Waals surface area contributed by atoms with Crippen molar-refractivity contribution in [1.82, 2.24) is 4.90 Å². The summed E-state index contributed by atoms with van der Waals surface area (Å²) in [5, 5.41) is 19.4. The SMILES string of the molecule is CCCCCCC(C(=O)O)C1SCC(=O)N1CCC(O)CCCCC. The third-order valence-electron chi connectivity index (χ3n) is 4.88. The minimum Gasteiger partial charge on any atom is -0.481 e. The maximum atomic E-state index is 12.2. The van der Waals surface area contributed by atoms with Crippen molar-refractivity contribution in [3.05, 3.63) is 0 Å². The Bertz CT molecular complexity index is 405. The first-order chi connectivity index (χ1) is 12.0. The molecule has 1 fully saturated rings. The van der Waals surface area contributed by atoms with Crippen molar-refractivity contribution in [3.63, 3.8) is 0 Å². The molecule has 0 spiro atoms. The number of hydrogen-bond donors (Lipinski definition) is 2. The van der Waals surface area contributed by atoms with E-state index in [1.54, 1.807) is 4.90 Å². The Morgan fingerprint density at radius 3 is 2.40 bits per heavy atom. The first-order valence-corrected chi connectivity index (χ1v) is 10.9. The van der Waals surface area contributed by atoms with Gasteiger partial charge < -0.3 is 15.1 Å². The number of unbranched alkanes of at least 4 members (excludes halogenated alkanes) is 5. The molecule has 0 aromatic carbocycles. The zero-order chi connectivity index (χ0) is 18.7. The fourth-order valence-electron chi connectivity index (χ4n) is 3.30. The average molecular weight is 374 g/mol. The van der Waals surface area contributed by atoms with E-state index in [2.05, 4.69) is 13.8 Å². The number of nitrogens with zero attached hydrogens (tertiary/aromatic N) is 1. The number of carbonyl (C=O) groups is 2. The van der Waals surface area contributed by atoms with Gasteiger partial charge in [0, 0.05) is 6.54 Å². The van der Waals surface area contributed by atoms with Crippen molar-refractivity contribution in [2.75, 3.05) is 12.3 Å². The quantitative estimate of drug-likeness (QED) is 0.452. The zero-order valence-corrected chi connectivity index (χ0v) is 16.6. The second kappa shape index (κ2) is 12.6. The molecule has 1 rings (SSSR count). The van der Waals surface area contributed by atoms with E-state index in [9.17, 15) is 19.8 Å². The molecule has 6 heteroatoms. The topological polar surface area (TPSA) is 77.8 Å². The number of aliphatic hydroxyl groups excluding tert-OH is 1. The van der Waals surface area contributed by atoms with Crippen molar-refractivity contribution in [3.8, 4) is 0 Å². The van der Waals surface area contributed by atoms with Gasteiger partial charge in [0.05, 0.1) is 23.1 Å². The Kier molecular flexibility index (Phi) is 11.2. The van der Waals surface area contributed by atoms with Gasteiger partial charge in [-0.1, -0.05) is 58.8 Å². The van der Waals surface area contributed by atoms with E-state index in [1.165, 1.54) is 11.8 Å². The van der Waals surface area contributed by atoms with Crippen molar-refractivity contribution in [2.24, 2.45) is 5.92 Å². The predicted molar refractivity (Wildman–Crippen MR) is 103 cm³/mol. The monoisotopic (exact) mass is 373 g/mol. The van der Waals surface area contributed by atoms with Gasteiger partial charge in [0.15, 0.2) is 0 Å². The molecule has 25 heavy (non-hydrogen) atoms. The van der Waals surface area contributed by atoms with Crippen LogP contribution in [0.5, 0.6) is 0 Å². The number of carboxylic acid groups (broad SMARTS) is 1. The summed E-state index contributed by atoms with van der Waals surface area (Å²) in [7, 11) is 0. The number of amides is 1. The highest BCUT2D eigenvalue weighted by molar-refractivity contribution is 8.01. The van der Waals surface area contributed by atoms with Gasteiger partial charge in [0.1, 0.15) is 0 Å². The lowest BCUT2D eigenvalue weighted by Gasteiger charge is -2.29. The predicted octanol–water partition coefficient (Wildman–Crippen LogP) is 3.89. The van der Waals surface area contributed by atoms with Crippen LogP contribution in [0.25, 0.3) is 0 Å². The van der Waals surface area contributed by atoms with Gasteiger partial charge in [0.25, 0.3) is 0 Å². The molecule has 0 radical (unpaired) electrons. The summed E-state index contributed by atoms with van der Waals surface area (Å²) in [6.07, 6.45) is 8.92. The zero-order valence-electron chi connectivity index (χ0n) is 15.8. The van der Waals surface area contributed by atoms with Gasteiger partial charge in [-0.25, -0.2) is 0 Å². The van der Waals surface area contributed by atoms with Crippen molar-refractivity contribution >= 4 is 23.6 Å². The molecule has 1 heterocycles. The molecule has 0 aromatic rings. The van der Waals surface area contributed by atoms with Crippen LogP contribution in [0.1, 0.15) is 78.1 Å². The summed E-state index contributed by atoms with van der Waals surface area (Å²) in [6.45, 7) is 4.72. The van der Waals surface area contributed by atoms with Crippen LogP contribution in [0, 0.1) is 5.92 Å². The van der Waals surface area contributed by atoms with E-state index >= 15 is 0 Å². The Balaban J connectivity index is 2.53. The third-order valence-corrected chi connectivity index (χ3v) is 6.22. The largest absolute Gasteiger partial charge is 0.481 e. The molecule has 0 aliphatic carbocycles. The number of aliphatic carboxylic acids is 1. The summed E-state index contributed by atoms with van der Waals surface area (Å²) in [6, 6.07) is 0. The lowest BCUT2D eigenvalue weighted by Crippen LogP contribution is -2.41. The van der Waals surface area contributed by atoms with Crippen molar-refractivity contribution in [2.45, 2.75) is 89.5 Å². The molecule has 1 amide bonds. The van der Waals surface area contributed by atoms with Crippen molar-refractivity contribution in [1.29, 1.82) is 0 Å². The Labute approximate surface area is 156 Å². The van der Waals surface area contributed by atoms with Crippen LogP contribution in [0.3, 0.4) is 0 Å². The maximum absolute atomic E-state index is 12.2. The van der Waals surface area contributed by atoms with E-state index < -0.39 is 18.0 Å². The molecule has 146 valence electrons. The highest BCUT2D eigenvalue weighted by Crippen LogP contribution is 2.34. The van der Waals surface area contributed by atoms with Gasteiger partial charge in [0.2, 0.25) is 5.91 Å². The molecule has 0 bridgehead atoms. The Morgan fingerprint density at radius 2 is 1.76 bits per heavy atom. The molecular weight excluding hydrogens is 338 g/mol. The summed E-state index contributed by atoms with van der Waals surface area (Å²) in [5.74, 6) is -0.951. The van der Waals surface area contributed by atoms with E-state index in [1.807, 2.05) is 0 Å². The summed E-state index contributed by atoms with van der Waals surface area (Å²) in [4.78, 5) is 25.6. The van der Waals surface area contributed by atoms with Gasteiger partial charge >= 0.3 is 5.97 Å². The van der Waals surface area contributed by atoms with Crippen LogP contribution in [0.2, 0.25) is 0 Å². The molecule has 1 aliphatic heterocycles. The molecular formula is C19H35NO4S. The minimum absolute atomic E-state index is 0.00978. The number of thioether (sulfide) groups is 1. The van der Waals surface area contributed by atoms with Gasteiger partial charge in [-0.05, 0) is 19.3 Å². The molecule has 5 nitrogen and oxygen atoms in total. The molecule has 3 atom stereocenters. The van der Waals surface area contributed by atoms with Crippen LogP contribution in [-0.2, 0) is 9.59 Å². The van der Waals surface area contributed by atoms with E-state index in [-0.39, 0.29) is 11.3 Å². The van der Waals surface area contributed by atoms with Crippen LogP contribution in [0.15, 0.2) is 0 Å². The lowest BCUT2D eigenvalue weighted by molar-refractivity contribution is -0.144. The van der Waals surface area contributed by atoms with Crippen molar-refractivity contribution < 1.29 is 19.8 Å². The Hall–Kier alpha value is -0.750. The third kappa shape index (κ3) is 7.99. The van der Waals surface area contributed by atoms with Crippen LogP contribution < -0.4 is 0 Å². The molecule has 3 unspecified atom stereocenters. The first-order valence-electron chi connectivity index (χ1n) is 9.83. The molecule has 0 saturated carbocycles. The molecule has 1 aliphatic rings. The van der Waals surface area contributed by atoms with Gasteiger partial charge in [-0.3, -0.25) is 9.59 Å². The normalized spacial score (nSPS) is 20.0. The molecule has 0 aromatic heterocycles. The number of carboxylic acids is 1. The maximum Gasteiger partial charge on any atom is 0.309 e. The fourth-order valence-corrected chi connectivity index (χ4v) is 4.67. The molecule has 1 saturated heterocycles. The van der Waals surface area contributed by atoms with Crippen LogP contribution >= 0.6 is 11.8 Å². The van der Waals surface area contributed by atoms with E-state index in [0.29, 0.717) is 25.1 Å². The summed E-state index contributed by atoms with van der Waals surface area (Å²) in [5.41, 5.74) is 0. The fraction of sp³-hybridized carbons (Fsp3) is 0.895. The molecule has 2 N–H and O–H groups in total. The highest BCUT2D eigenvalue weighted by atomic mass is 32.2. The lowest BCUT2D eigenvalue weighted by atomic mass is 9.99. The number of rotatable bonds is 14. The number of hydrogen-bond acceptors (Lipinski definition) is 4. The van der Waals surface area contributed by atoms with E-state index in [4.69, 9.17) is 0 Å². The summed E-state index contributed by atoms with van der Waals surface area (Å²) >= 11 is 1.45.